The molecule has 0 radical (unpaired) electrons. The molecule has 1 rings (SSSR count). The van der Waals surface area contributed by atoms with Gasteiger partial charge in [-0.25, -0.2) is 0 Å². The number of aromatic nitrogens is 3. The largest absolute Gasteiger partial charge is 0.330 e. The zero-order chi connectivity index (χ0) is 10.2. The van der Waals surface area contributed by atoms with Crippen LogP contribution in [0.5, 0.6) is 0 Å². The Morgan fingerprint density at radius 3 is 3.14 bits per heavy atom. The average molecular weight is 214 g/mol. The van der Waals surface area contributed by atoms with Gasteiger partial charge >= 0.3 is 0 Å². The van der Waals surface area contributed by atoms with Gasteiger partial charge in [-0.2, -0.15) is 11.8 Å². The Morgan fingerprint density at radius 2 is 2.43 bits per heavy atom. The van der Waals surface area contributed by atoms with Gasteiger partial charge < -0.3 is 5.73 Å². The highest BCUT2D eigenvalue weighted by Crippen LogP contribution is 2.02. The highest BCUT2D eigenvalue weighted by atomic mass is 32.2. The minimum atomic E-state index is 0.643. The minimum absolute atomic E-state index is 0.643. The van der Waals surface area contributed by atoms with Crippen molar-refractivity contribution in [2.24, 2.45) is 5.73 Å². The van der Waals surface area contributed by atoms with Gasteiger partial charge in [0.05, 0.1) is 5.69 Å². The molecule has 0 spiro atoms. The highest BCUT2D eigenvalue weighted by molar-refractivity contribution is 7.99. The van der Waals surface area contributed by atoms with E-state index in [0.717, 1.165) is 25.1 Å². The third kappa shape index (κ3) is 4.11. The van der Waals surface area contributed by atoms with E-state index in [4.69, 9.17) is 5.73 Å². The van der Waals surface area contributed by atoms with Crippen LogP contribution in [0.2, 0.25) is 0 Å². The molecule has 4 nitrogen and oxygen atoms in total. The fourth-order valence-electron chi connectivity index (χ4n) is 1.18. The summed E-state index contributed by atoms with van der Waals surface area (Å²) in [6.45, 7) is 3.79. The molecule has 0 saturated heterocycles. The molecule has 0 aliphatic rings. The second-order valence-electron chi connectivity index (χ2n) is 3.06. The number of aryl methyl sites for hydroxylation is 1. The van der Waals surface area contributed by atoms with Crippen LogP contribution in [0.4, 0.5) is 0 Å². The highest BCUT2D eigenvalue weighted by Gasteiger charge is 1.98. The molecule has 2 N–H and O–H groups in total. The summed E-state index contributed by atoms with van der Waals surface area (Å²) in [5, 5.41) is 8.07. The summed E-state index contributed by atoms with van der Waals surface area (Å²) in [6, 6.07) is 0. The van der Waals surface area contributed by atoms with Gasteiger partial charge in [-0.3, -0.25) is 4.68 Å². The van der Waals surface area contributed by atoms with E-state index in [1.807, 2.05) is 22.6 Å². The zero-order valence-corrected chi connectivity index (χ0v) is 9.46. The van der Waals surface area contributed by atoms with Gasteiger partial charge in [0, 0.05) is 19.2 Å². The zero-order valence-electron chi connectivity index (χ0n) is 8.65. The summed E-state index contributed by atoms with van der Waals surface area (Å²) in [7, 11) is 0. The Kier molecular flexibility index (Phi) is 5.63. The van der Waals surface area contributed by atoms with Gasteiger partial charge in [-0.1, -0.05) is 12.1 Å². The fraction of sp³-hybridized carbons (Fsp3) is 0.778. The first-order valence-corrected chi connectivity index (χ1v) is 6.19. The summed E-state index contributed by atoms with van der Waals surface area (Å²) in [5.41, 5.74) is 6.43. The number of nitrogens with zero attached hydrogens (tertiary/aromatic N) is 3. The Hall–Kier alpha value is -0.550. The number of hydrogen-bond acceptors (Lipinski definition) is 4. The first-order valence-electron chi connectivity index (χ1n) is 5.03. The topological polar surface area (TPSA) is 56.7 Å². The third-order valence-electron chi connectivity index (χ3n) is 1.87. The van der Waals surface area contributed by atoms with Crippen LogP contribution in [-0.2, 0) is 13.0 Å². The smallest absolute Gasteiger partial charge is 0.0839 e. The van der Waals surface area contributed by atoms with Gasteiger partial charge in [0.1, 0.15) is 0 Å². The second-order valence-corrected chi connectivity index (χ2v) is 4.46. The summed E-state index contributed by atoms with van der Waals surface area (Å²) in [6.07, 6.45) is 3.97. The third-order valence-corrected chi connectivity index (χ3v) is 2.85. The van der Waals surface area contributed by atoms with Crippen molar-refractivity contribution in [3.8, 4) is 0 Å². The molecule has 1 aromatic rings. The molecule has 0 unspecified atom stereocenters. The Balaban J connectivity index is 2.22. The Bertz CT molecular complexity index is 249. The number of nitrogens with two attached hydrogens (primary N) is 1. The quantitative estimate of drug-likeness (QED) is 0.686. The van der Waals surface area contributed by atoms with Crippen molar-refractivity contribution in [1.82, 2.24) is 15.0 Å². The lowest BCUT2D eigenvalue weighted by atomic mass is 10.3. The number of thioether (sulfide) groups is 1. The van der Waals surface area contributed by atoms with Gasteiger partial charge in [0.2, 0.25) is 0 Å². The maximum absolute atomic E-state index is 5.43. The molecule has 0 fully saturated rings. The van der Waals surface area contributed by atoms with Crippen molar-refractivity contribution in [3.63, 3.8) is 0 Å². The lowest BCUT2D eigenvalue weighted by Crippen LogP contribution is -2.02. The van der Waals surface area contributed by atoms with Crippen molar-refractivity contribution >= 4 is 11.8 Å². The van der Waals surface area contributed by atoms with Crippen LogP contribution in [0.1, 0.15) is 19.0 Å². The van der Waals surface area contributed by atoms with E-state index >= 15 is 0 Å². The van der Waals surface area contributed by atoms with Gasteiger partial charge in [-0.15, -0.1) is 5.10 Å². The van der Waals surface area contributed by atoms with Crippen LogP contribution in [0, 0.1) is 0 Å². The van der Waals surface area contributed by atoms with Crippen LogP contribution in [-0.4, -0.2) is 33.0 Å². The maximum Gasteiger partial charge on any atom is 0.0839 e. The summed E-state index contributed by atoms with van der Waals surface area (Å²) in [5.74, 6) is 2.39. The molecule has 0 saturated carbocycles. The lowest BCUT2D eigenvalue weighted by Gasteiger charge is -1.98. The second kappa shape index (κ2) is 6.84. The molecule has 1 aromatic heterocycles. The first-order chi connectivity index (χ1) is 6.86. The Labute approximate surface area is 89.2 Å². The standard InChI is InChI=1S/C9H18N4S/c1-2-14-7-3-6-13-8-9(4-5-10)11-12-13/h8H,2-7,10H2,1H3. The number of hydrogen-bond donors (Lipinski definition) is 1. The van der Waals surface area contributed by atoms with Crippen LogP contribution in [0.3, 0.4) is 0 Å². The minimum Gasteiger partial charge on any atom is -0.330 e. The lowest BCUT2D eigenvalue weighted by molar-refractivity contribution is 0.582. The van der Waals surface area contributed by atoms with E-state index in [9.17, 15) is 0 Å². The van der Waals surface area contributed by atoms with Crippen molar-refractivity contribution in [1.29, 1.82) is 0 Å². The van der Waals surface area contributed by atoms with Crippen molar-refractivity contribution in [3.05, 3.63) is 11.9 Å². The average Bonchev–Trinajstić information content (AvgIpc) is 2.61. The van der Waals surface area contributed by atoms with E-state index in [-0.39, 0.29) is 0 Å². The molecule has 0 amide bonds. The SMILES string of the molecule is CCSCCCn1cc(CCN)nn1. The van der Waals surface area contributed by atoms with E-state index in [2.05, 4.69) is 17.2 Å². The summed E-state index contributed by atoms with van der Waals surface area (Å²) < 4.78 is 1.90. The van der Waals surface area contributed by atoms with Gasteiger partial charge in [-0.05, 0) is 24.5 Å². The molecular weight excluding hydrogens is 196 g/mol. The molecule has 14 heavy (non-hydrogen) atoms. The molecule has 0 atom stereocenters. The van der Waals surface area contributed by atoms with E-state index < -0.39 is 0 Å². The molecule has 5 heteroatoms. The predicted molar refractivity (Wildman–Crippen MR) is 60.4 cm³/mol. The molecule has 0 aromatic carbocycles. The van der Waals surface area contributed by atoms with Crippen LogP contribution < -0.4 is 5.73 Å². The van der Waals surface area contributed by atoms with Crippen LogP contribution >= 0.6 is 11.8 Å². The number of rotatable bonds is 7. The maximum atomic E-state index is 5.43. The van der Waals surface area contributed by atoms with E-state index in [0.29, 0.717) is 6.54 Å². The van der Waals surface area contributed by atoms with Crippen molar-refractivity contribution in [2.75, 3.05) is 18.1 Å². The molecule has 0 aliphatic heterocycles. The normalized spacial score (nSPS) is 10.7. The van der Waals surface area contributed by atoms with Gasteiger partial charge in [0.25, 0.3) is 0 Å². The molecule has 1 heterocycles. The summed E-state index contributed by atoms with van der Waals surface area (Å²) >= 11 is 1.96. The molecular formula is C9H18N4S. The summed E-state index contributed by atoms with van der Waals surface area (Å²) in [4.78, 5) is 0. The van der Waals surface area contributed by atoms with E-state index in [1.165, 1.54) is 11.5 Å². The monoisotopic (exact) mass is 214 g/mol. The fourth-order valence-corrected chi connectivity index (χ4v) is 1.81. The van der Waals surface area contributed by atoms with Crippen LogP contribution in [0.25, 0.3) is 0 Å². The van der Waals surface area contributed by atoms with Crippen molar-refractivity contribution in [2.45, 2.75) is 26.3 Å². The first kappa shape index (κ1) is 11.5. The Morgan fingerprint density at radius 1 is 1.57 bits per heavy atom. The van der Waals surface area contributed by atoms with E-state index in [1.54, 1.807) is 0 Å². The molecule has 80 valence electrons. The van der Waals surface area contributed by atoms with Crippen LogP contribution in [0.15, 0.2) is 6.20 Å². The molecule has 0 aliphatic carbocycles. The predicted octanol–water partition coefficient (Wildman–Crippen LogP) is 0.922. The van der Waals surface area contributed by atoms with Crippen molar-refractivity contribution < 1.29 is 0 Å². The van der Waals surface area contributed by atoms with Gasteiger partial charge in [0.15, 0.2) is 0 Å². The molecule has 0 bridgehead atoms.